The van der Waals surface area contributed by atoms with Gasteiger partial charge in [-0.15, -0.1) is 0 Å². The van der Waals surface area contributed by atoms with Crippen LogP contribution in [0.3, 0.4) is 0 Å². The van der Waals surface area contributed by atoms with Crippen molar-refractivity contribution in [3.63, 3.8) is 0 Å². The van der Waals surface area contributed by atoms with E-state index in [4.69, 9.17) is 9.47 Å². The Labute approximate surface area is 174 Å². The zero-order valence-electron chi connectivity index (χ0n) is 17.9. The number of hydrogen-bond acceptors (Lipinski definition) is 4. The number of benzene rings is 2. The molecule has 0 heterocycles. The highest BCUT2D eigenvalue weighted by atomic mass is 16.5. The lowest BCUT2D eigenvalue weighted by Crippen LogP contribution is -2.21. The van der Waals surface area contributed by atoms with Crippen LogP contribution in [0.15, 0.2) is 48.5 Å². The van der Waals surface area contributed by atoms with Crippen molar-refractivity contribution >= 4 is 17.3 Å². The Hall–Kier alpha value is -2.69. The van der Waals surface area contributed by atoms with Crippen LogP contribution in [0.1, 0.15) is 46.5 Å². The van der Waals surface area contributed by atoms with Gasteiger partial charge in [0, 0.05) is 23.5 Å². The molecular formula is C24H34N2O3. The zero-order valence-corrected chi connectivity index (χ0v) is 17.9. The van der Waals surface area contributed by atoms with Gasteiger partial charge in [-0.3, -0.25) is 4.79 Å². The topological polar surface area (TPSA) is 59.6 Å². The second-order valence-corrected chi connectivity index (χ2v) is 7.57. The number of hydrogen-bond donors (Lipinski definition) is 2. The van der Waals surface area contributed by atoms with Crippen molar-refractivity contribution in [2.24, 2.45) is 5.92 Å². The van der Waals surface area contributed by atoms with Crippen LogP contribution in [0.5, 0.6) is 11.5 Å². The molecule has 158 valence electrons. The molecule has 5 nitrogen and oxygen atoms in total. The number of rotatable bonds is 13. The van der Waals surface area contributed by atoms with Crippen LogP contribution in [0.4, 0.5) is 11.4 Å². The molecule has 1 amide bonds. The largest absolute Gasteiger partial charge is 0.494 e. The molecule has 0 aliphatic rings. The maximum absolute atomic E-state index is 12.3. The molecule has 0 aromatic heterocycles. The van der Waals surface area contributed by atoms with Crippen LogP contribution in [-0.2, 0) is 4.79 Å². The zero-order chi connectivity index (χ0) is 20.9. The molecule has 2 aromatic rings. The lowest BCUT2D eigenvalue weighted by atomic mass is 10.2. The predicted octanol–water partition coefficient (Wildman–Crippen LogP) is 5.73. The molecule has 2 N–H and O–H groups in total. The van der Waals surface area contributed by atoms with Crippen LogP contribution in [0, 0.1) is 5.92 Å². The minimum atomic E-state index is -0.112. The van der Waals surface area contributed by atoms with E-state index >= 15 is 0 Å². The van der Waals surface area contributed by atoms with E-state index in [9.17, 15) is 4.79 Å². The summed E-state index contributed by atoms with van der Waals surface area (Å²) in [7, 11) is 0. The fourth-order valence-corrected chi connectivity index (χ4v) is 2.73. The third kappa shape index (κ3) is 9.37. The summed E-state index contributed by atoms with van der Waals surface area (Å²) in [5, 5.41) is 6.04. The first kappa shape index (κ1) is 22.6. The summed E-state index contributed by atoms with van der Waals surface area (Å²) in [4.78, 5) is 12.3. The van der Waals surface area contributed by atoms with E-state index in [-0.39, 0.29) is 12.5 Å². The summed E-state index contributed by atoms with van der Waals surface area (Å²) < 4.78 is 11.5. The van der Waals surface area contributed by atoms with Gasteiger partial charge in [0.15, 0.2) is 0 Å². The summed E-state index contributed by atoms with van der Waals surface area (Å²) in [6, 6.07) is 15.2. The van der Waals surface area contributed by atoms with E-state index in [0.717, 1.165) is 29.3 Å². The molecule has 0 unspecified atom stereocenters. The first-order valence-electron chi connectivity index (χ1n) is 10.6. The molecule has 2 rings (SSSR count). The van der Waals surface area contributed by atoms with Crippen molar-refractivity contribution in [3.8, 4) is 11.5 Å². The van der Waals surface area contributed by atoms with Crippen molar-refractivity contribution in [1.82, 2.24) is 0 Å². The van der Waals surface area contributed by atoms with Gasteiger partial charge in [-0.1, -0.05) is 52.2 Å². The molecule has 0 atom stereocenters. The van der Waals surface area contributed by atoms with Gasteiger partial charge in [0.1, 0.15) is 11.5 Å². The third-order valence-corrected chi connectivity index (χ3v) is 4.25. The smallest absolute Gasteiger partial charge is 0.243 e. The molecule has 2 aromatic carbocycles. The van der Waals surface area contributed by atoms with E-state index in [2.05, 4.69) is 31.4 Å². The highest BCUT2D eigenvalue weighted by molar-refractivity contribution is 5.93. The number of amides is 1. The summed E-state index contributed by atoms with van der Waals surface area (Å²) in [5.41, 5.74) is 1.59. The van der Waals surface area contributed by atoms with E-state index in [1.165, 1.54) is 19.3 Å². The van der Waals surface area contributed by atoms with Gasteiger partial charge in [0.25, 0.3) is 0 Å². The van der Waals surface area contributed by atoms with Crippen molar-refractivity contribution in [1.29, 1.82) is 0 Å². The summed E-state index contributed by atoms with van der Waals surface area (Å²) >= 11 is 0. The molecule has 0 aliphatic carbocycles. The van der Waals surface area contributed by atoms with Crippen LogP contribution in [0.2, 0.25) is 0 Å². The molecule has 0 radical (unpaired) electrons. The van der Waals surface area contributed by atoms with Crippen molar-refractivity contribution in [3.05, 3.63) is 48.5 Å². The normalized spacial score (nSPS) is 10.6. The predicted molar refractivity (Wildman–Crippen MR) is 120 cm³/mol. The molecule has 5 heteroatoms. The molecule has 0 saturated heterocycles. The molecular weight excluding hydrogens is 364 g/mol. The molecule has 0 fully saturated rings. The average Bonchev–Trinajstić information content (AvgIpc) is 2.71. The van der Waals surface area contributed by atoms with Crippen LogP contribution < -0.4 is 20.1 Å². The Morgan fingerprint density at radius 2 is 1.62 bits per heavy atom. The molecule has 0 aliphatic heterocycles. The van der Waals surface area contributed by atoms with Gasteiger partial charge in [0.05, 0.1) is 19.8 Å². The number of carbonyl (C=O) groups excluding carboxylic acids is 1. The average molecular weight is 399 g/mol. The Morgan fingerprint density at radius 1 is 0.931 bits per heavy atom. The fraction of sp³-hybridized carbons (Fsp3) is 0.458. The van der Waals surface area contributed by atoms with E-state index < -0.39 is 0 Å². The van der Waals surface area contributed by atoms with Gasteiger partial charge in [-0.2, -0.15) is 0 Å². The number of nitrogens with one attached hydrogen (secondary N) is 2. The summed E-state index contributed by atoms with van der Waals surface area (Å²) in [6.45, 7) is 7.96. The quantitative estimate of drug-likeness (QED) is 0.423. The molecule has 29 heavy (non-hydrogen) atoms. The van der Waals surface area contributed by atoms with Crippen molar-refractivity contribution < 1.29 is 14.3 Å². The van der Waals surface area contributed by atoms with Crippen molar-refractivity contribution in [2.75, 3.05) is 30.4 Å². The highest BCUT2D eigenvalue weighted by Gasteiger charge is 2.05. The molecule has 0 saturated carbocycles. The maximum Gasteiger partial charge on any atom is 0.243 e. The van der Waals surface area contributed by atoms with Gasteiger partial charge < -0.3 is 20.1 Å². The number of ether oxygens (including phenoxy) is 2. The standard InChI is InChI=1S/C24H34N2O3/c1-4-5-6-7-14-28-22-12-9-11-21(16-22)26-24(27)17-25-20-10-8-13-23(15-20)29-18-19(2)3/h8-13,15-16,19,25H,4-7,14,17-18H2,1-3H3,(H,26,27). The Kier molecular flexibility index (Phi) is 9.90. The highest BCUT2D eigenvalue weighted by Crippen LogP contribution is 2.19. The number of carbonyl (C=O) groups is 1. The van der Waals surface area contributed by atoms with E-state index in [1.54, 1.807) is 0 Å². The number of unbranched alkanes of at least 4 members (excludes halogenated alkanes) is 3. The van der Waals surface area contributed by atoms with Gasteiger partial charge in [-0.25, -0.2) is 0 Å². The lowest BCUT2D eigenvalue weighted by molar-refractivity contribution is -0.114. The van der Waals surface area contributed by atoms with Gasteiger partial charge >= 0.3 is 0 Å². The fourth-order valence-electron chi connectivity index (χ4n) is 2.73. The minimum absolute atomic E-state index is 0.112. The van der Waals surface area contributed by atoms with Crippen LogP contribution in [0.25, 0.3) is 0 Å². The van der Waals surface area contributed by atoms with Gasteiger partial charge in [0.2, 0.25) is 5.91 Å². The van der Waals surface area contributed by atoms with E-state index in [0.29, 0.717) is 19.1 Å². The Balaban J connectivity index is 1.77. The molecule has 0 bridgehead atoms. The first-order valence-corrected chi connectivity index (χ1v) is 10.6. The second-order valence-electron chi connectivity index (χ2n) is 7.57. The second kappa shape index (κ2) is 12.7. The number of anilines is 2. The van der Waals surface area contributed by atoms with Crippen LogP contribution >= 0.6 is 0 Å². The monoisotopic (exact) mass is 398 g/mol. The SMILES string of the molecule is CCCCCCOc1cccc(NC(=O)CNc2cccc(OCC(C)C)c2)c1. The molecule has 0 spiro atoms. The Morgan fingerprint density at radius 3 is 2.34 bits per heavy atom. The lowest BCUT2D eigenvalue weighted by Gasteiger charge is -2.12. The maximum atomic E-state index is 12.3. The summed E-state index contributed by atoms with van der Waals surface area (Å²) in [6.07, 6.45) is 4.68. The summed E-state index contributed by atoms with van der Waals surface area (Å²) in [5.74, 6) is 1.93. The van der Waals surface area contributed by atoms with E-state index in [1.807, 2.05) is 48.5 Å². The van der Waals surface area contributed by atoms with Crippen molar-refractivity contribution in [2.45, 2.75) is 46.5 Å². The van der Waals surface area contributed by atoms with Gasteiger partial charge in [-0.05, 0) is 36.6 Å². The first-order chi connectivity index (χ1) is 14.1. The Bertz CT molecular complexity index is 746. The van der Waals surface area contributed by atoms with Crippen LogP contribution in [-0.4, -0.2) is 25.7 Å². The third-order valence-electron chi connectivity index (χ3n) is 4.25. The minimum Gasteiger partial charge on any atom is -0.494 e.